The van der Waals surface area contributed by atoms with Crippen molar-refractivity contribution < 1.29 is 4.74 Å². The van der Waals surface area contributed by atoms with Crippen LogP contribution in [0.4, 0.5) is 0 Å². The molecule has 0 saturated heterocycles. The van der Waals surface area contributed by atoms with Gasteiger partial charge in [-0.1, -0.05) is 41.0 Å². The molecule has 7 heteroatoms. The number of hydrogen-bond donors (Lipinski definition) is 1. The average molecular weight is 366 g/mol. The van der Waals surface area contributed by atoms with Crippen molar-refractivity contribution in [3.63, 3.8) is 0 Å². The monoisotopic (exact) mass is 365 g/mol. The highest BCUT2D eigenvalue weighted by Crippen LogP contribution is 2.31. The van der Waals surface area contributed by atoms with Gasteiger partial charge in [-0.2, -0.15) is 0 Å². The van der Waals surface area contributed by atoms with E-state index in [4.69, 9.17) is 27.9 Å². The zero-order chi connectivity index (χ0) is 16.2. The zero-order valence-electron chi connectivity index (χ0n) is 12.2. The van der Waals surface area contributed by atoms with Gasteiger partial charge < -0.3 is 4.74 Å². The first kappa shape index (κ1) is 16.2. The molecule has 4 nitrogen and oxygen atoms in total. The molecule has 3 aromatic rings. The molecule has 2 aromatic carbocycles. The largest absolute Gasteiger partial charge is 0.497 e. The molecule has 0 aliphatic heterocycles. The fourth-order valence-corrected chi connectivity index (χ4v) is 3.54. The predicted molar refractivity (Wildman–Crippen MR) is 94.4 cm³/mol. The minimum atomic E-state index is 0.610. The first-order valence-corrected chi connectivity index (χ1v) is 8.54. The van der Waals surface area contributed by atoms with Crippen LogP contribution in [0.25, 0.3) is 11.4 Å². The van der Waals surface area contributed by atoms with Crippen LogP contribution in [0.1, 0.15) is 5.56 Å². The third kappa shape index (κ3) is 3.80. The molecule has 0 spiro atoms. The Morgan fingerprint density at radius 3 is 2.43 bits per heavy atom. The third-order valence-electron chi connectivity index (χ3n) is 3.24. The lowest BCUT2D eigenvalue weighted by Crippen LogP contribution is -1.86. The van der Waals surface area contributed by atoms with E-state index in [0.29, 0.717) is 26.8 Å². The fourth-order valence-electron chi connectivity index (χ4n) is 2.00. The maximum absolute atomic E-state index is 6.17. The molecular weight excluding hydrogens is 353 g/mol. The van der Waals surface area contributed by atoms with Gasteiger partial charge in [-0.3, -0.25) is 5.10 Å². The van der Waals surface area contributed by atoms with Gasteiger partial charge in [0.2, 0.25) is 5.16 Å². The summed E-state index contributed by atoms with van der Waals surface area (Å²) in [6.07, 6.45) is 0. The van der Waals surface area contributed by atoms with E-state index in [1.165, 1.54) is 11.8 Å². The van der Waals surface area contributed by atoms with Gasteiger partial charge in [0.05, 0.1) is 7.11 Å². The topological polar surface area (TPSA) is 50.8 Å². The van der Waals surface area contributed by atoms with Gasteiger partial charge in [0.1, 0.15) is 5.75 Å². The maximum Gasteiger partial charge on any atom is 0.209 e. The van der Waals surface area contributed by atoms with Crippen molar-refractivity contribution in [2.75, 3.05) is 7.11 Å². The molecule has 0 saturated carbocycles. The Kier molecular flexibility index (Phi) is 5.10. The van der Waals surface area contributed by atoms with Crippen LogP contribution in [0.5, 0.6) is 5.75 Å². The van der Waals surface area contributed by atoms with Crippen molar-refractivity contribution >= 4 is 35.0 Å². The summed E-state index contributed by atoms with van der Waals surface area (Å²) in [7, 11) is 1.64. The lowest BCUT2D eigenvalue weighted by atomic mass is 10.2. The standard InChI is InChI=1S/C16H13Cl2N3OS/c1-22-11-7-5-10(6-8-11)15-19-16(21-20-15)23-9-12-13(17)3-2-4-14(12)18/h2-8H,9H2,1H3,(H,19,20,21). The minimum Gasteiger partial charge on any atom is -0.497 e. The summed E-state index contributed by atoms with van der Waals surface area (Å²) < 4.78 is 5.14. The van der Waals surface area contributed by atoms with Gasteiger partial charge in [0, 0.05) is 21.4 Å². The lowest BCUT2D eigenvalue weighted by molar-refractivity contribution is 0.415. The molecule has 0 fully saturated rings. The number of aromatic nitrogens is 3. The highest BCUT2D eigenvalue weighted by atomic mass is 35.5. The summed E-state index contributed by atoms with van der Waals surface area (Å²) in [6.45, 7) is 0. The Morgan fingerprint density at radius 1 is 1.09 bits per heavy atom. The van der Waals surface area contributed by atoms with Crippen molar-refractivity contribution in [2.24, 2.45) is 0 Å². The van der Waals surface area contributed by atoms with E-state index in [1.807, 2.05) is 42.5 Å². The van der Waals surface area contributed by atoms with Crippen molar-refractivity contribution in [3.05, 3.63) is 58.1 Å². The summed E-state index contributed by atoms with van der Waals surface area (Å²) in [5.41, 5.74) is 1.83. The van der Waals surface area contributed by atoms with Crippen molar-refractivity contribution in [2.45, 2.75) is 10.9 Å². The molecule has 1 heterocycles. The molecule has 3 rings (SSSR count). The van der Waals surface area contributed by atoms with E-state index in [2.05, 4.69) is 15.2 Å². The molecule has 1 aromatic heterocycles. The maximum atomic E-state index is 6.17. The number of halogens is 2. The van der Waals surface area contributed by atoms with Crippen LogP contribution in [0.2, 0.25) is 10.0 Å². The molecule has 0 aliphatic rings. The number of thioether (sulfide) groups is 1. The predicted octanol–water partition coefficient (Wildman–Crippen LogP) is 5.08. The Hall–Kier alpha value is -1.69. The van der Waals surface area contributed by atoms with Crippen molar-refractivity contribution in [3.8, 4) is 17.1 Å². The summed E-state index contributed by atoms with van der Waals surface area (Å²) in [5.74, 6) is 2.12. The lowest BCUT2D eigenvalue weighted by Gasteiger charge is -2.04. The Labute approximate surface area is 148 Å². The smallest absolute Gasteiger partial charge is 0.209 e. The Bertz CT molecular complexity index is 785. The van der Waals surface area contributed by atoms with Gasteiger partial charge >= 0.3 is 0 Å². The third-order valence-corrected chi connectivity index (χ3v) is 4.82. The Morgan fingerprint density at radius 2 is 1.78 bits per heavy atom. The Balaban J connectivity index is 1.72. The average Bonchev–Trinajstić information content (AvgIpc) is 3.03. The molecule has 23 heavy (non-hydrogen) atoms. The first-order valence-electron chi connectivity index (χ1n) is 6.80. The second-order valence-electron chi connectivity index (χ2n) is 4.68. The number of hydrogen-bond acceptors (Lipinski definition) is 4. The summed E-state index contributed by atoms with van der Waals surface area (Å²) >= 11 is 13.8. The molecule has 0 bridgehead atoms. The van der Waals surface area contributed by atoms with Crippen molar-refractivity contribution in [1.82, 2.24) is 15.2 Å². The van der Waals surface area contributed by atoms with Gasteiger partial charge in [-0.15, -0.1) is 5.10 Å². The van der Waals surface area contributed by atoms with Gasteiger partial charge in [0.15, 0.2) is 5.82 Å². The van der Waals surface area contributed by atoms with Crippen LogP contribution in [-0.4, -0.2) is 22.3 Å². The SMILES string of the molecule is COc1ccc(-c2nc(SCc3c(Cl)cccc3Cl)n[nH]2)cc1. The number of H-pyrrole nitrogens is 1. The van der Waals surface area contributed by atoms with Crippen LogP contribution in [0, 0.1) is 0 Å². The molecule has 0 unspecified atom stereocenters. The normalized spacial score (nSPS) is 10.7. The van der Waals surface area contributed by atoms with Crippen molar-refractivity contribution in [1.29, 1.82) is 0 Å². The van der Waals surface area contributed by atoms with Crippen LogP contribution in [0.3, 0.4) is 0 Å². The van der Waals surface area contributed by atoms with Crippen LogP contribution < -0.4 is 4.74 Å². The second kappa shape index (κ2) is 7.25. The van der Waals surface area contributed by atoms with Gasteiger partial charge in [-0.25, -0.2) is 4.98 Å². The van der Waals surface area contributed by atoms with E-state index >= 15 is 0 Å². The van der Waals surface area contributed by atoms with Crippen LogP contribution in [-0.2, 0) is 5.75 Å². The quantitative estimate of drug-likeness (QED) is 0.640. The van der Waals surface area contributed by atoms with E-state index in [9.17, 15) is 0 Å². The number of methoxy groups -OCH3 is 1. The highest BCUT2D eigenvalue weighted by Gasteiger charge is 2.10. The fraction of sp³-hybridized carbons (Fsp3) is 0.125. The molecule has 1 N–H and O–H groups in total. The molecule has 118 valence electrons. The molecule has 0 aliphatic carbocycles. The molecule has 0 radical (unpaired) electrons. The molecule has 0 amide bonds. The molecule has 0 atom stereocenters. The number of aromatic amines is 1. The van der Waals surface area contributed by atoms with E-state index < -0.39 is 0 Å². The zero-order valence-corrected chi connectivity index (χ0v) is 14.5. The highest BCUT2D eigenvalue weighted by molar-refractivity contribution is 7.98. The number of nitrogens with one attached hydrogen (secondary N) is 1. The number of nitrogens with zero attached hydrogens (tertiary/aromatic N) is 2. The number of rotatable bonds is 5. The second-order valence-corrected chi connectivity index (χ2v) is 6.44. The summed E-state index contributed by atoms with van der Waals surface area (Å²) in [5, 5.41) is 9.10. The van der Waals surface area contributed by atoms with Crippen LogP contribution >= 0.6 is 35.0 Å². The number of benzene rings is 2. The molecular formula is C16H13Cl2N3OS. The minimum absolute atomic E-state index is 0.610. The van der Waals surface area contributed by atoms with E-state index in [0.717, 1.165) is 16.9 Å². The van der Waals surface area contributed by atoms with Gasteiger partial charge in [0.25, 0.3) is 0 Å². The van der Waals surface area contributed by atoms with Gasteiger partial charge in [-0.05, 0) is 42.0 Å². The first-order chi connectivity index (χ1) is 11.2. The number of ether oxygens (including phenoxy) is 1. The van der Waals surface area contributed by atoms with E-state index in [1.54, 1.807) is 7.11 Å². The summed E-state index contributed by atoms with van der Waals surface area (Å²) in [4.78, 5) is 4.48. The summed E-state index contributed by atoms with van der Waals surface area (Å²) in [6, 6.07) is 13.1. The van der Waals surface area contributed by atoms with E-state index in [-0.39, 0.29) is 0 Å². The van der Waals surface area contributed by atoms with Crippen LogP contribution in [0.15, 0.2) is 47.6 Å².